The van der Waals surface area contributed by atoms with Gasteiger partial charge in [0.1, 0.15) is 11.3 Å². The predicted molar refractivity (Wildman–Crippen MR) is 76.8 cm³/mol. The summed E-state index contributed by atoms with van der Waals surface area (Å²) >= 11 is 0. The van der Waals surface area contributed by atoms with Crippen molar-refractivity contribution in [3.63, 3.8) is 0 Å². The van der Waals surface area contributed by atoms with Crippen molar-refractivity contribution in [2.45, 2.75) is 40.0 Å². The fourth-order valence-electron chi connectivity index (χ4n) is 1.83. The van der Waals surface area contributed by atoms with Crippen molar-refractivity contribution in [2.24, 2.45) is 5.92 Å². The molecule has 0 unspecified atom stereocenters. The Morgan fingerprint density at radius 3 is 2.37 bits per heavy atom. The van der Waals surface area contributed by atoms with Gasteiger partial charge in [-0.2, -0.15) is 0 Å². The van der Waals surface area contributed by atoms with Crippen LogP contribution in [0.4, 0.5) is 0 Å². The first-order chi connectivity index (χ1) is 8.77. The van der Waals surface area contributed by atoms with E-state index < -0.39 is 0 Å². The molecule has 0 N–H and O–H groups in total. The minimum absolute atomic E-state index is 0.0836. The minimum Gasteiger partial charge on any atom is -0.496 e. The molecule has 0 radical (unpaired) electrons. The number of rotatable bonds is 4. The molecular formula is C16H24O3. The van der Waals surface area contributed by atoms with Crippen molar-refractivity contribution in [1.82, 2.24) is 0 Å². The van der Waals surface area contributed by atoms with Crippen LogP contribution in [0.15, 0.2) is 18.2 Å². The van der Waals surface area contributed by atoms with Gasteiger partial charge >= 0.3 is 5.97 Å². The second-order valence-electron chi connectivity index (χ2n) is 6.13. The molecule has 0 aromatic heterocycles. The van der Waals surface area contributed by atoms with E-state index in [4.69, 9.17) is 9.47 Å². The summed E-state index contributed by atoms with van der Waals surface area (Å²) in [6.07, 6.45) is 0. The number of para-hydroxylation sites is 1. The van der Waals surface area contributed by atoms with E-state index in [0.717, 1.165) is 5.56 Å². The van der Waals surface area contributed by atoms with Gasteiger partial charge in [-0.25, -0.2) is 4.79 Å². The smallest absolute Gasteiger partial charge is 0.341 e. The van der Waals surface area contributed by atoms with Crippen LogP contribution in [0.2, 0.25) is 0 Å². The zero-order valence-corrected chi connectivity index (χ0v) is 12.7. The highest BCUT2D eigenvalue weighted by Crippen LogP contribution is 2.34. The average molecular weight is 264 g/mol. The topological polar surface area (TPSA) is 35.5 Å². The molecule has 0 spiro atoms. The summed E-state index contributed by atoms with van der Waals surface area (Å²) in [5.74, 6) is 0.612. The second-order valence-corrected chi connectivity index (χ2v) is 6.13. The van der Waals surface area contributed by atoms with Gasteiger partial charge in [-0.3, -0.25) is 0 Å². The molecule has 0 bridgehead atoms. The van der Waals surface area contributed by atoms with Crippen LogP contribution in [0.1, 0.15) is 50.5 Å². The van der Waals surface area contributed by atoms with Crippen LogP contribution in [0, 0.1) is 5.92 Å². The van der Waals surface area contributed by atoms with Crippen molar-refractivity contribution in [3.05, 3.63) is 29.3 Å². The fourth-order valence-corrected chi connectivity index (χ4v) is 1.83. The Balaban J connectivity index is 3.11. The molecule has 0 saturated heterocycles. The summed E-state index contributed by atoms with van der Waals surface area (Å²) in [6, 6.07) is 5.60. The number of methoxy groups -OCH3 is 1. The van der Waals surface area contributed by atoms with E-state index in [-0.39, 0.29) is 11.4 Å². The van der Waals surface area contributed by atoms with Gasteiger partial charge in [-0.15, -0.1) is 0 Å². The van der Waals surface area contributed by atoms with Crippen molar-refractivity contribution in [2.75, 3.05) is 13.7 Å². The van der Waals surface area contributed by atoms with Crippen LogP contribution in [-0.4, -0.2) is 19.7 Å². The lowest BCUT2D eigenvalue weighted by Gasteiger charge is -2.23. The van der Waals surface area contributed by atoms with E-state index >= 15 is 0 Å². The third-order valence-electron chi connectivity index (χ3n) is 2.79. The maximum atomic E-state index is 12.1. The maximum Gasteiger partial charge on any atom is 0.341 e. The Bertz CT molecular complexity index is 442. The van der Waals surface area contributed by atoms with E-state index in [1.54, 1.807) is 13.2 Å². The molecule has 3 heteroatoms. The number of benzene rings is 1. The van der Waals surface area contributed by atoms with E-state index in [1.165, 1.54) is 0 Å². The fraction of sp³-hybridized carbons (Fsp3) is 0.562. The molecule has 0 atom stereocenters. The summed E-state index contributed by atoms with van der Waals surface area (Å²) < 4.78 is 10.7. The van der Waals surface area contributed by atoms with Gasteiger partial charge < -0.3 is 9.47 Å². The second kappa shape index (κ2) is 6.09. The number of esters is 1. The molecule has 0 saturated carbocycles. The summed E-state index contributed by atoms with van der Waals surface area (Å²) in [5.41, 5.74) is 1.42. The molecule has 3 nitrogen and oxygen atoms in total. The summed E-state index contributed by atoms with van der Waals surface area (Å²) in [4.78, 5) is 12.1. The van der Waals surface area contributed by atoms with Gasteiger partial charge in [0.15, 0.2) is 0 Å². The highest BCUT2D eigenvalue weighted by Gasteiger charge is 2.24. The summed E-state index contributed by atoms with van der Waals surface area (Å²) in [6.45, 7) is 10.7. The Hall–Kier alpha value is -1.51. The molecule has 1 aromatic carbocycles. The molecule has 19 heavy (non-hydrogen) atoms. The molecule has 0 aliphatic rings. The maximum absolute atomic E-state index is 12.1. The van der Waals surface area contributed by atoms with Crippen LogP contribution in [-0.2, 0) is 10.2 Å². The molecule has 0 heterocycles. The van der Waals surface area contributed by atoms with Crippen molar-refractivity contribution < 1.29 is 14.3 Å². The molecule has 0 aliphatic carbocycles. The van der Waals surface area contributed by atoms with Gasteiger partial charge in [0.25, 0.3) is 0 Å². The van der Waals surface area contributed by atoms with Crippen LogP contribution in [0.25, 0.3) is 0 Å². The van der Waals surface area contributed by atoms with Gasteiger partial charge in [0.2, 0.25) is 0 Å². The van der Waals surface area contributed by atoms with E-state index in [1.807, 2.05) is 26.0 Å². The first-order valence-corrected chi connectivity index (χ1v) is 6.62. The highest BCUT2D eigenvalue weighted by atomic mass is 16.5. The van der Waals surface area contributed by atoms with E-state index in [9.17, 15) is 4.79 Å². The average Bonchev–Trinajstić information content (AvgIpc) is 2.33. The Labute approximate surface area is 115 Å². The number of hydrogen-bond acceptors (Lipinski definition) is 3. The van der Waals surface area contributed by atoms with Crippen LogP contribution in [0.5, 0.6) is 5.75 Å². The van der Waals surface area contributed by atoms with E-state index in [2.05, 4.69) is 20.8 Å². The first-order valence-electron chi connectivity index (χ1n) is 6.62. The summed E-state index contributed by atoms with van der Waals surface area (Å²) in [7, 11) is 1.59. The monoisotopic (exact) mass is 264 g/mol. The highest BCUT2D eigenvalue weighted by molar-refractivity contribution is 5.93. The van der Waals surface area contributed by atoms with E-state index in [0.29, 0.717) is 23.8 Å². The van der Waals surface area contributed by atoms with Gasteiger partial charge in [-0.05, 0) is 17.4 Å². The molecular weight excluding hydrogens is 240 g/mol. The molecule has 106 valence electrons. The van der Waals surface area contributed by atoms with Crippen LogP contribution >= 0.6 is 0 Å². The zero-order valence-electron chi connectivity index (χ0n) is 12.7. The molecule has 1 aromatic rings. The van der Waals surface area contributed by atoms with Crippen LogP contribution in [0.3, 0.4) is 0 Å². The zero-order chi connectivity index (χ0) is 14.6. The van der Waals surface area contributed by atoms with Gasteiger partial charge in [-0.1, -0.05) is 46.8 Å². The minimum atomic E-state index is -0.323. The van der Waals surface area contributed by atoms with Crippen molar-refractivity contribution >= 4 is 5.97 Å². The van der Waals surface area contributed by atoms with Gasteiger partial charge in [0, 0.05) is 5.56 Å². The molecule has 1 rings (SSSR count). The Morgan fingerprint density at radius 1 is 1.26 bits per heavy atom. The number of carbonyl (C=O) groups excluding carboxylic acids is 1. The standard InChI is InChI=1S/C16H24O3/c1-11(2)10-19-15(17)12-8-7-9-13(14(12)18-6)16(3,4)5/h7-9,11H,10H2,1-6H3. The molecule has 0 fully saturated rings. The Kier molecular flexibility index (Phi) is 4.98. The SMILES string of the molecule is COc1c(C(=O)OCC(C)C)cccc1C(C)(C)C. The summed E-state index contributed by atoms with van der Waals surface area (Å²) in [5, 5.41) is 0. The number of hydrogen-bond donors (Lipinski definition) is 0. The predicted octanol–water partition coefficient (Wildman–Crippen LogP) is 3.81. The Morgan fingerprint density at radius 2 is 1.89 bits per heavy atom. The normalized spacial score (nSPS) is 11.5. The van der Waals surface area contributed by atoms with Gasteiger partial charge in [0.05, 0.1) is 13.7 Å². The van der Waals surface area contributed by atoms with Crippen LogP contribution < -0.4 is 4.74 Å². The number of ether oxygens (including phenoxy) is 2. The van der Waals surface area contributed by atoms with Crippen molar-refractivity contribution in [1.29, 1.82) is 0 Å². The third-order valence-corrected chi connectivity index (χ3v) is 2.79. The number of carbonyl (C=O) groups is 1. The first kappa shape index (κ1) is 15.5. The quantitative estimate of drug-likeness (QED) is 0.776. The molecule has 0 aliphatic heterocycles. The van der Waals surface area contributed by atoms with Crippen molar-refractivity contribution in [3.8, 4) is 5.75 Å². The molecule has 0 amide bonds. The lowest BCUT2D eigenvalue weighted by molar-refractivity contribution is 0.0455. The third kappa shape index (κ3) is 3.98. The largest absolute Gasteiger partial charge is 0.496 e. The lowest BCUT2D eigenvalue weighted by atomic mass is 9.85. The lowest BCUT2D eigenvalue weighted by Crippen LogP contribution is -2.17.